The number of phenols is 1. The highest BCUT2D eigenvalue weighted by Gasteiger charge is 2.42. The summed E-state index contributed by atoms with van der Waals surface area (Å²) in [5.41, 5.74) is 0.573. The number of unbranched alkanes of at least 4 members (excludes halogenated alkanes) is 5. The molecule has 9 unspecified atom stereocenters. The van der Waals surface area contributed by atoms with Crippen molar-refractivity contribution < 1.29 is 48.3 Å². The van der Waals surface area contributed by atoms with E-state index in [1.807, 2.05) is 21.1 Å². The number of aliphatic hydroxyl groups is 1. The number of aromatic hydroxyl groups is 1. The van der Waals surface area contributed by atoms with Crippen LogP contribution in [-0.4, -0.2) is 156 Å². The lowest BCUT2D eigenvalue weighted by Crippen LogP contribution is -2.61. The number of amides is 7. The van der Waals surface area contributed by atoms with Crippen LogP contribution in [0.25, 0.3) is 0 Å². The standard InChI is InChI=1S/C53H88N8O9/c1-8-36(3)34-37(4)20-14-12-10-11-13-15-25-46(64)55-41-21-16-30-54-49(66)43-23-17-31-59(43)53(70)42(22-19-33-61(5,6)7)57-51(68)47(45(63)35-38-26-28-39(62)29-27-38)58-50(67)44-24-18-32-60(44)52(69)40(9-2)56-48(41)65/h26-29,36-37,40-45,47,63H,8-25,30-35H2,1-7H3,(H5-,54,55,56,57,58,62,64,65,66,67,68)/p+1. The van der Waals surface area contributed by atoms with Crippen LogP contribution in [0.15, 0.2) is 24.3 Å². The van der Waals surface area contributed by atoms with Crippen molar-refractivity contribution in [1.82, 2.24) is 36.4 Å². The first kappa shape index (κ1) is 57.8. The fourth-order valence-corrected chi connectivity index (χ4v) is 10.1. The third-order valence-corrected chi connectivity index (χ3v) is 14.5. The van der Waals surface area contributed by atoms with Gasteiger partial charge < -0.3 is 51.1 Å². The number of carbonyl (C=O) groups is 7. The van der Waals surface area contributed by atoms with E-state index in [1.165, 1.54) is 54.0 Å². The maximum Gasteiger partial charge on any atom is 0.245 e. The maximum absolute atomic E-state index is 14.5. The van der Waals surface area contributed by atoms with Gasteiger partial charge in [-0.3, -0.25) is 33.6 Å². The maximum atomic E-state index is 14.5. The molecule has 3 heterocycles. The van der Waals surface area contributed by atoms with Gasteiger partial charge in [-0.25, -0.2) is 0 Å². The van der Waals surface area contributed by atoms with Crippen LogP contribution in [0.5, 0.6) is 5.75 Å². The molecule has 3 aliphatic rings. The quantitative estimate of drug-likeness (QED) is 0.0691. The van der Waals surface area contributed by atoms with Crippen LogP contribution in [0, 0.1) is 11.8 Å². The summed E-state index contributed by atoms with van der Waals surface area (Å²) in [6.07, 6.45) is 11.7. The molecule has 0 aliphatic carbocycles. The van der Waals surface area contributed by atoms with Gasteiger partial charge in [-0.05, 0) is 100 Å². The fraction of sp³-hybridized carbons (Fsp3) is 0.755. The second-order valence-corrected chi connectivity index (χ2v) is 21.6. The van der Waals surface area contributed by atoms with Gasteiger partial charge in [0.1, 0.15) is 42.0 Å². The minimum Gasteiger partial charge on any atom is -0.508 e. The summed E-state index contributed by atoms with van der Waals surface area (Å²) in [5.74, 6) is -2.10. The van der Waals surface area contributed by atoms with Crippen LogP contribution in [-0.2, 0) is 40.0 Å². The monoisotopic (exact) mass is 982 g/mol. The molecule has 7 amide bonds. The molecule has 3 aliphatic heterocycles. The lowest BCUT2D eigenvalue weighted by molar-refractivity contribution is -0.870. The number of benzene rings is 1. The molecule has 394 valence electrons. The number of hydrogen-bond donors (Lipinski definition) is 7. The lowest BCUT2D eigenvalue weighted by atomic mass is 9.91. The van der Waals surface area contributed by atoms with Crippen LogP contribution >= 0.6 is 0 Å². The number of nitrogens with one attached hydrogen (secondary N) is 5. The van der Waals surface area contributed by atoms with E-state index < -0.39 is 71.9 Å². The van der Waals surface area contributed by atoms with Crippen LogP contribution in [0.4, 0.5) is 0 Å². The molecule has 0 bridgehead atoms. The average molecular weight is 982 g/mol. The molecule has 0 saturated carbocycles. The zero-order valence-electron chi connectivity index (χ0n) is 43.6. The van der Waals surface area contributed by atoms with Gasteiger partial charge in [-0.1, -0.05) is 84.8 Å². The summed E-state index contributed by atoms with van der Waals surface area (Å²) in [6.45, 7) is 9.99. The molecule has 17 nitrogen and oxygen atoms in total. The molecule has 4 rings (SSSR count). The van der Waals surface area contributed by atoms with Crippen LogP contribution < -0.4 is 26.6 Å². The zero-order chi connectivity index (χ0) is 51.4. The van der Waals surface area contributed by atoms with Crippen molar-refractivity contribution in [2.45, 2.75) is 198 Å². The average Bonchev–Trinajstić information content (AvgIpc) is 4.02. The molecule has 9 atom stereocenters. The lowest BCUT2D eigenvalue weighted by Gasteiger charge is -2.32. The molecule has 1 aromatic carbocycles. The van der Waals surface area contributed by atoms with E-state index in [0.717, 1.165) is 31.1 Å². The summed E-state index contributed by atoms with van der Waals surface area (Å²) in [5, 5.41) is 35.9. The number of aliphatic hydroxyl groups excluding tert-OH is 1. The van der Waals surface area contributed by atoms with E-state index in [1.54, 1.807) is 19.1 Å². The summed E-state index contributed by atoms with van der Waals surface area (Å²) in [4.78, 5) is 102. The van der Waals surface area contributed by atoms with Crippen LogP contribution in [0.3, 0.4) is 0 Å². The number of hydrogen-bond acceptors (Lipinski definition) is 9. The Morgan fingerprint density at radius 1 is 0.729 bits per heavy atom. The molecule has 7 N–H and O–H groups in total. The molecule has 1 aromatic rings. The summed E-state index contributed by atoms with van der Waals surface area (Å²) in [7, 11) is 6.06. The smallest absolute Gasteiger partial charge is 0.245 e. The topological polar surface area (TPSA) is 227 Å². The minimum absolute atomic E-state index is 0.0128. The Morgan fingerprint density at radius 2 is 1.33 bits per heavy atom. The molecule has 0 radical (unpaired) electrons. The van der Waals surface area contributed by atoms with E-state index in [4.69, 9.17) is 0 Å². The molecular formula is C53H89N8O9+. The van der Waals surface area contributed by atoms with Crippen molar-refractivity contribution >= 4 is 41.4 Å². The summed E-state index contributed by atoms with van der Waals surface area (Å²) in [6, 6.07) is -0.438. The molecular weight excluding hydrogens is 893 g/mol. The van der Waals surface area contributed by atoms with E-state index in [2.05, 4.69) is 47.4 Å². The van der Waals surface area contributed by atoms with Gasteiger partial charge in [0.15, 0.2) is 0 Å². The number of fused-ring (bicyclic) bond motifs is 2. The van der Waals surface area contributed by atoms with Crippen molar-refractivity contribution in [1.29, 1.82) is 0 Å². The molecule has 3 saturated heterocycles. The molecule has 70 heavy (non-hydrogen) atoms. The molecule has 0 aromatic heterocycles. The fourth-order valence-electron chi connectivity index (χ4n) is 10.1. The van der Waals surface area contributed by atoms with Crippen LogP contribution in [0.2, 0.25) is 0 Å². The largest absolute Gasteiger partial charge is 0.508 e. The van der Waals surface area contributed by atoms with E-state index in [-0.39, 0.29) is 69.2 Å². The Hall–Kier alpha value is -4.77. The Balaban J connectivity index is 1.55. The van der Waals surface area contributed by atoms with E-state index in [0.29, 0.717) is 61.7 Å². The van der Waals surface area contributed by atoms with Gasteiger partial charge >= 0.3 is 0 Å². The summed E-state index contributed by atoms with van der Waals surface area (Å²) < 4.78 is 0.604. The first-order valence-corrected chi connectivity index (χ1v) is 26.7. The molecule has 17 heteroatoms. The van der Waals surface area contributed by atoms with Gasteiger partial charge in [-0.15, -0.1) is 0 Å². The normalized spacial score (nSPS) is 24.9. The molecule has 0 spiro atoms. The predicted octanol–water partition coefficient (Wildman–Crippen LogP) is 4.22. The first-order valence-electron chi connectivity index (χ1n) is 26.7. The SMILES string of the molecule is CCC(C)CC(C)CCCCCCCCC(=O)NC1CCCNC(=O)C2CCCN2C(=O)C(CCC[N+](C)(C)C)NC(=O)C(C(O)Cc2ccc(O)cc2)NC(=O)C2CCCN2C(=O)C(CC)NC1=O. The molecule has 3 fully saturated rings. The van der Waals surface area contributed by atoms with Gasteiger partial charge in [-0.2, -0.15) is 0 Å². The third kappa shape index (κ3) is 18.8. The van der Waals surface area contributed by atoms with Gasteiger partial charge in [0.2, 0.25) is 41.4 Å². The number of carbonyl (C=O) groups excluding carboxylic acids is 7. The highest BCUT2D eigenvalue weighted by Crippen LogP contribution is 2.24. The van der Waals surface area contributed by atoms with Crippen molar-refractivity contribution in [3.05, 3.63) is 29.8 Å². The Bertz CT molecular complexity index is 1860. The van der Waals surface area contributed by atoms with Crippen molar-refractivity contribution in [2.24, 2.45) is 11.8 Å². The summed E-state index contributed by atoms with van der Waals surface area (Å²) >= 11 is 0. The Kier molecular flexibility index (Phi) is 23.9. The predicted molar refractivity (Wildman–Crippen MR) is 270 cm³/mol. The zero-order valence-corrected chi connectivity index (χ0v) is 43.6. The van der Waals surface area contributed by atoms with Crippen LogP contribution in [0.1, 0.15) is 155 Å². The van der Waals surface area contributed by atoms with E-state index >= 15 is 0 Å². The highest BCUT2D eigenvalue weighted by molar-refractivity contribution is 5.97. The number of rotatable bonds is 21. The number of quaternary nitrogens is 1. The third-order valence-electron chi connectivity index (χ3n) is 14.5. The first-order chi connectivity index (χ1) is 33.3. The van der Waals surface area contributed by atoms with Crippen molar-refractivity contribution in [3.8, 4) is 5.75 Å². The Morgan fingerprint density at radius 3 is 1.96 bits per heavy atom. The second-order valence-electron chi connectivity index (χ2n) is 21.6. The van der Waals surface area contributed by atoms with Gasteiger partial charge in [0.25, 0.3) is 0 Å². The van der Waals surface area contributed by atoms with Crippen molar-refractivity contribution in [3.63, 3.8) is 0 Å². The Labute approximate surface area is 418 Å². The van der Waals surface area contributed by atoms with Crippen molar-refractivity contribution in [2.75, 3.05) is 47.3 Å². The van der Waals surface area contributed by atoms with Gasteiger partial charge in [0.05, 0.1) is 33.8 Å². The number of nitrogens with zero attached hydrogens (tertiary/aromatic N) is 3. The number of phenolic OH excluding ortho intramolecular Hbond substituents is 1. The van der Waals surface area contributed by atoms with E-state index in [9.17, 15) is 43.8 Å². The second kappa shape index (κ2) is 28.9. The minimum atomic E-state index is -1.57. The highest BCUT2D eigenvalue weighted by atomic mass is 16.3. The van der Waals surface area contributed by atoms with Gasteiger partial charge in [0, 0.05) is 32.5 Å².